The van der Waals surface area contributed by atoms with Gasteiger partial charge in [-0.25, -0.2) is 4.68 Å². The van der Waals surface area contributed by atoms with Gasteiger partial charge in [0.2, 0.25) is 0 Å². The molecule has 0 saturated heterocycles. The summed E-state index contributed by atoms with van der Waals surface area (Å²) in [4.78, 5) is 12.1. The van der Waals surface area contributed by atoms with E-state index in [1.54, 1.807) is 6.07 Å². The molecule has 1 atom stereocenters. The van der Waals surface area contributed by atoms with Crippen molar-refractivity contribution >= 4 is 5.91 Å². The van der Waals surface area contributed by atoms with E-state index in [-0.39, 0.29) is 12.0 Å². The van der Waals surface area contributed by atoms with E-state index in [4.69, 9.17) is 9.15 Å². The van der Waals surface area contributed by atoms with Crippen molar-refractivity contribution < 1.29 is 13.9 Å². The average molecular weight is 338 g/mol. The third kappa shape index (κ3) is 3.06. The Kier molecular flexibility index (Phi) is 4.07. The molecule has 0 spiro atoms. The highest BCUT2D eigenvalue weighted by Crippen LogP contribution is 2.24. The van der Waals surface area contributed by atoms with E-state index in [9.17, 15) is 4.79 Å². The number of carbonyl (C=O) groups excluding carboxylic acids is 1. The molecule has 1 aliphatic heterocycles. The van der Waals surface area contributed by atoms with Gasteiger partial charge in [-0.1, -0.05) is 35.5 Å². The zero-order valence-corrected chi connectivity index (χ0v) is 13.8. The van der Waals surface area contributed by atoms with Gasteiger partial charge < -0.3 is 14.5 Å². The fraction of sp³-hybridized carbons (Fsp3) is 0.278. The number of hydrogen-bond donors (Lipinski definition) is 1. The fourth-order valence-electron chi connectivity index (χ4n) is 2.90. The van der Waals surface area contributed by atoms with E-state index in [1.807, 2.05) is 41.9 Å². The van der Waals surface area contributed by atoms with E-state index < -0.39 is 0 Å². The highest BCUT2D eigenvalue weighted by atomic mass is 16.5. The van der Waals surface area contributed by atoms with Gasteiger partial charge >= 0.3 is 0 Å². The molecule has 0 bridgehead atoms. The maximum atomic E-state index is 12.1. The smallest absolute Gasteiger partial charge is 0.287 e. The minimum atomic E-state index is -0.236. The third-order valence-corrected chi connectivity index (χ3v) is 4.28. The van der Waals surface area contributed by atoms with Crippen LogP contribution in [0.5, 0.6) is 0 Å². The lowest BCUT2D eigenvalue weighted by molar-refractivity contribution is 0.00162. The van der Waals surface area contributed by atoms with Crippen LogP contribution in [0.25, 0.3) is 11.3 Å². The summed E-state index contributed by atoms with van der Waals surface area (Å²) < 4.78 is 12.9. The van der Waals surface area contributed by atoms with Gasteiger partial charge in [-0.3, -0.25) is 4.79 Å². The van der Waals surface area contributed by atoms with Crippen molar-refractivity contribution in [3.63, 3.8) is 0 Å². The van der Waals surface area contributed by atoms with Crippen LogP contribution >= 0.6 is 0 Å². The van der Waals surface area contributed by atoms with Crippen LogP contribution in [0, 0.1) is 6.92 Å². The summed E-state index contributed by atoms with van der Waals surface area (Å²) in [5, 5.41) is 11.4. The summed E-state index contributed by atoms with van der Waals surface area (Å²) in [6, 6.07) is 11.7. The molecule has 4 rings (SSSR count). The number of fused-ring (bicyclic) bond motifs is 1. The zero-order valence-electron chi connectivity index (χ0n) is 13.8. The van der Waals surface area contributed by atoms with Crippen LogP contribution in [0.15, 0.2) is 47.1 Å². The molecule has 0 radical (unpaired) electrons. The summed E-state index contributed by atoms with van der Waals surface area (Å²) in [5.41, 5.74) is 3.63. The Morgan fingerprint density at radius 1 is 1.32 bits per heavy atom. The SMILES string of the molecule is Cc1ccoc1C(=O)NC[C@H]1Cn2nnc(-c3ccccc3)c2CO1. The van der Waals surface area contributed by atoms with Crippen LogP contribution in [-0.2, 0) is 17.9 Å². The van der Waals surface area contributed by atoms with E-state index in [0.717, 1.165) is 22.5 Å². The molecule has 3 heterocycles. The van der Waals surface area contributed by atoms with Crippen molar-refractivity contribution in [2.24, 2.45) is 0 Å². The minimum absolute atomic E-state index is 0.156. The number of rotatable bonds is 4. The molecule has 1 amide bonds. The van der Waals surface area contributed by atoms with Gasteiger partial charge in [0.05, 0.1) is 31.2 Å². The summed E-state index contributed by atoms with van der Waals surface area (Å²) in [5.74, 6) is 0.101. The molecule has 128 valence electrons. The Bertz CT molecular complexity index is 885. The second-order valence-corrected chi connectivity index (χ2v) is 6.01. The van der Waals surface area contributed by atoms with Crippen LogP contribution in [0.2, 0.25) is 0 Å². The molecule has 1 aliphatic rings. The van der Waals surface area contributed by atoms with Gasteiger partial charge in [0, 0.05) is 17.7 Å². The second kappa shape index (κ2) is 6.52. The van der Waals surface area contributed by atoms with Crippen LogP contribution in [0.4, 0.5) is 0 Å². The standard InChI is InChI=1S/C18H18N4O3/c1-12-7-8-24-17(12)18(23)19-9-14-10-22-15(11-25-14)16(20-21-22)13-5-3-2-4-6-13/h2-8,14H,9-11H2,1H3,(H,19,23)/t14-/m0/s1. The highest BCUT2D eigenvalue weighted by molar-refractivity contribution is 5.92. The van der Waals surface area contributed by atoms with E-state index in [1.165, 1.54) is 6.26 Å². The summed E-state index contributed by atoms with van der Waals surface area (Å²) >= 11 is 0. The third-order valence-electron chi connectivity index (χ3n) is 4.28. The lowest BCUT2D eigenvalue weighted by Crippen LogP contribution is -2.39. The average Bonchev–Trinajstić information content (AvgIpc) is 3.26. The maximum absolute atomic E-state index is 12.1. The van der Waals surface area contributed by atoms with E-state index >= 15 is 0 Å². The largest absolute Gasteiger partial charge is 0.459 e. The molecular weight excluding hydrogens is 320 g/mol. The number of nitrogens with zero attached hydrogens (tertiary/aromatic N) is 3. The Morgan fingerprint density at radius 3 is 2.92 bits per heavy atom. The molecule has 3 aromatic rings. The predicted molar refractivity (Wildman–Crippen MR) is 89.8 cm³/mol. The molecule has 0 saturated carbocycles. The Morgan fingerprint density at radius 2 is 2.16 bits per heavy atom. The normalized spacial score (nSPS) is 16.4. The summed E-state index contributed by atoms with van der Waals surface area (Å²) in [6.45, 7) is 3.19. The van der Waals surface area contributed by atoms with Crippen LogP contribution in [0.1, 0.15) is 21.8 Å². The van der Waals surface area contributed by atoms with Gasteiger partial charge in [-0.15, -0.1) is 5.10 Å². The number of furan rings is 1. The fourth-order valence-corrected chi connectivity index (χ4v) is 2.90. The molecule has 0 fully saturated rings. The zero-order chi connectivity index (χ0) is 17.2. The van der Waals surface area contributed by atoms with Crippen molar-refractivity contribution in [2.45, 2.75) is 26.2 Å². The van der Waals surface area contributed by atoms with Gasteiger partial charge in [-0.2, -0.15) is 0 Å². The first-order chi connectivity index (χ1) is 12.2. The number of carbonyl (C=O) groups is 1. The first kappa shape index (κ1) is 15.6. The number of nitrogens with one attached hydrogen (secondary N) is 1. The molecule has 25 heavy (non-hydrogen) atoms. The summed E-state index contributed by atoms with van der Waals surface area (Å²) in [6.07, 6.45) is 1.35. The van der Waals surface area contributed by atoms with Crippen LogP contribution in [0.3, 0.4) is 0 Å². The van der Waals surface area contributed by atoms with Crippen molar-refractivity contribution in [3.05, 3.63) is 59.7 Å². The number of benzene rings is 1. The molecule has 1 aromatic carbocycles. The first-order valence-corrected chi connectivity index (χ1v) is 8.14. The Hall–Kier alpha value is -2.93. The van der Waals surface area contributed by atoms with E-state index in [2.05, 4.69) is 15.6 Å². The van der Waals surface area contributed by atoms with Crippen molar-refractivity contribution in [3.8, 4) is 11.3 Å². The highest BCUT2D eigenvalue weighted by Gasteiger charge is 2.25. The van der Waals surface area contributed by atoms with Crippen molar-refractivity contribution in [2.75, 3.05) is 6.54 Å². The number of hydrogen-bond acceptors (Lipinski definition) is 5. The lowest BCUT2D eigenvalue weighted by Gasteiger charge is -2.24. The lowest BCUT2D eigenvalue weighted by atomic mass is 10.1. The predicted octanol–water partition coefficient (Wildman–Crippen LogP) is 2.18. The molecule has 2 aromatic heterocycles. The number of amides is 1. The molecule has 7 nitrogen and oxygen atoms in total. The maximum Gasteiger partial charge on any atom is 0.287 e. The number of ether oxygens (including phenoxy) is 1. The van der Waals surface area contributed by atoms with Crippen molar-refractivity contribution in [1.82, 2.24) is 20.3 Å². The molecule has 7 heteroatoms. The second-order valence-electron chi connectivity index (χ2n) is 6.01. The van der Waals surface area contributed by atoms with Crippen LogP contribution < -0.4 is 5.32 Å². The van der Waals surface area contributed by atoms with Gasteiger partial charge in [0.25, 0.3) is 5.91 Å². The van der Waals surface area contributed by atoms with Gasteiger partial charge in [0.15, 0.2) is 5.76 Å². The summed E-state index contributed by atoms with van der Waals surface area (Å²) in [7, 11) is 0. The number of aryl methyl sites for hydroxylation is 1. The molecule has 0 aliphatic carbocycles. The Labute approximate surface area is 144 Å². The van der Waals surface area contributed by atoms with Crippen molar-refractivity contribution in [1.29, 1.82) is 0 Å². The van der Waals surface area contributed by atoms with E-state index in [0.29, 0.717) is 25.5 Å². The van der Waals surface area contributed by atoms with Gasteiger partial charge in [-0.05, 0) is 13.0 Å². The van der Waals surface area contributed by atoms with Gasteiger partial charge in [0.1, 0.15) is 5.69 Å². The number of aromatic nitrogens is 3. The topological polar surface area (TPSA) is 82.2 Å². The molecule has 1 N–H and O–H groups in total. The molecule has 0 unspecified atom stereocenters. The van der Waals surface area contributed by atoms with Crippen LogP contribution in [-0.4, -0.2) is 33.5 Å². The quantitative estimate of drug-likeness (QED) is 0.788. The first-order valence-electron chi connectivity index (χ1n) is 8.14. The Balaban J connectivity index is 1.41. The monoisotopic (exact) mass is 338 g/mol. The minimum Gasteiger partial charge on any atom is -0.459 e. The molecular formula is C18H18N4O3.